The van der Waals surface area contributed by atoms with Gasteiger partial charge in [0.15, 0.2) is 0 Å². The van der Waals surface area contributed by atoms with Crippen molar-refractivity contribution in [2.75, 3.05) is 7.11 Å². The largest absolute Gasteiger partial charge is 0.381 e. The molecule has 1 N–H and O–H groups in total. The van der Waals surface area contributed by atoms with Crippen molar-refractivity contribution in [3.63, 3.8) is 0 Å². The van der Waals surface area contributed by atoms with Crippen LogP contribution in [0.3, 0.4) is 0 Å². The fourth-order valence-corrected chi connectivity index (χ4v) is 2.31. The van der Waals surface area contributed by atoms with E-state index in [0.29, 0.717) is 12.1 Å². The van der Waals surface area contributed by atoms with Crippen LogP contribution in [-0.2, 0) is 18.3 Å². The number of hydrogen-bond acceptors (Lipinski definition) is 3. The third-order valence-corrected chi connectivity index (χ3v) is 3.48. The van der Waals surface area contributed by atoms with E-state index < -0.39 is 0 Å². The summed E-state index contributed by atoms with van der Waals surface area (Å²) in [4.78, 5) is 4.31. The summed E-state index contributed by atoms with van der Waals surface area (Å²) in [5, 5.41) is 3.57. The summed E-state index contributed by atoms with van der Waals surface area (Å²) in [6, 6.07) is 0.628. The quantitative estimate of drug-likeness (QED) is 0.840. The highest BCUT2D eigenvalue weighted by molar-refractivity contribution is 4.91. The molecule has 1 saturated carbocycles. The van der Waals surface area contributed by atoms with Gasteiger partial charge in [0.25, 0.3) is 0 Å². The van der Waals surface area contributed by atoms with E-state index in [1.54, 1.807) is 0 Å². The second-order valence-electron chi connectivity index (χ2n) is 4.54. The lowest BCUT2D eigenvalue weighted by Crippen LogP contribution is -2.35. The van der Waals surface area contributed by atoms with Crippen molar-refractivity contribution in [2.24, 2.45) is 7.05 Å². The number of ether oxygens (including phenoxy) is 1. The van der Waals surface area contributed by atoms with Crippen LogP contribution in [0.1, 0.15) is 31.5 Å². The summed E-state index contributed by atoms with van der Waals surface area (Å²) < 4.78 is 7.43. The summed E-state index contributed by atoms with van der Waals surface area (Å²) in [6.45, 7) is 0.867. The van der Waals surface area contributed by atoms with Crippen LogP contribution in [0.5, 0.6) is 0 Å². The van der Waals surface area contributed by atoms with Gasteiger partial charge in [-0.3, -0.25) is 0 Å². The first kappa shape index (κ1) is 11.6. The average Bonchev–Trinajstić information content (AvgIpc) is 2.73. The van der Waals surface area contributed by atoms with Crippen LogP contribution in [0.15, 0.2) is 12.4 Å². The molecule has 0 aromatic carbocycles. The Morgan fingerprint density at radius 1 is 1.44 bits per heavy atom. The summed E-state index contributed by atoms with van der Waals surface area (Å²) in [6.07, 6.45) is 9.08. The maximum atomic E-state index is 5.36. The molecular weight excluding hydrogens is 202 g/mol. The van der Waals surface area contributed by atoms with Gasteiger partial charge in [-0.05, 0) is 25.7 Å². The Bertz CT molecular complexity index is 316. The zero-order chi connectivity index (χ0) is 11.4. The Morgan fingerprint density at radius 2 is 2.19 bits per heavy atom. The number of rotatable bonds is 4. The van der Waals surface area contributed by atoms with E-state index in [4.69, 9.17) is 4.74 Å². The molecular formula is C12H21N3O. The molecule has 0 atom stereocenters. The normalized spacial score (nSPS) is 25.9. The van der Waals surface area contributed by atoms with Crippen molar-refractivity contribution >= 4 is 0 Å². The molecule has 1 aliphatic carbocycles. The Morgan fingerprint density at radius 3 is 2.75 bits per heavy atom. The van der Waals surface area contributed by atoms with Crippen molar-refractivity contribution in [1.29, 1.82) is 0 Å². The average molecular weight is 223 g/mol. The molecule has 2 rings (SSSR count). The van der Waals surface area contributed by atoms with Crippen LogP contribution in [0.2, 0.25) is 0 Å². The minimum absolute atomic E-state index is 0.478. The van der Waals surface area contributed by atoms with Gasteiger partial charge in [-0.25, -0.2) is 4.98 Å². The molecule has 1 fully saturated rings. The van der Waals surface area contributed by atoms with E-state index in [-0.39, 0.29) is 0 Å². The Balaban J connectivity index is 1.73. The third-order valence-electron chi connectivity index (χ3n) is 3.48. The molecule has 1 aromatic rings. The molecule has 0 spiro atoms. The van der Waals surface area contributed by atoms with Crippen LogP contribution in [0.25, 0.3) is 0 Å². The fraction of sp³-hybridized carbons (Fsp3) is 0.750. The van der Waals surface area contributed by atoms with Gasteiger partial charge >= 0.3 is 0 Å². The van der Waals surface area contributed by atoms with E-state index >= 15 is 0 Å². The number of hydrogen-bond donors (Lipinski definition) is 1. The van der Waals surface area contributed by atoms with Gasteiger partial charge in [0.1, 0.15) is 5.82 Å². The molecule has 0 aliphatic heterocycles. The predicted molar refractivity (Wildman–Crippen MR) is 63.1 cm³/mol. The molecule has 0 amide bonds. The second kappa shape index (κ2) is 5.46. The molecule has 16 heavy (non-hydrogen) atoms. The molecule has 90 valence electrons. The van der Waals surface area contributed by atoms with Gasteiger partial charge in [0, 0.05) is 32.6 Å². The molecule has 0 saturated heterocycles. The van der Waals surface area contributed by atoms with Crippen molar-refractivity contribution in [2.45, 2.75) is 44.4 Å². The van der Waals surface area contributed by atoms with E-state index in [9.17, 15) is 0 Å². The van der Waals surface area contributed by atoms with Crippen molar-refractivity contribution in [3.8, 4) is 0 Å². The lowest BCUT2D eigenvalue weighted by Gasteiger charge is -2.28. The van der Waals surface area contributed by atoms with Gasteiger partial charge in [-0.15, -0.1) is 0 Å². The number of imidazole rings is 1. The first-order valence-electron chi connectivity index (χ1n) is 6.02. The first-order valence-corrected chi connectivity index (χ1v) is 6.02. The highest BCUT2D eigenvalue weighted by atomic mass is 16.5. The molecule has 0 radical (unpaired) electrons. The zero-order valence-electron chi connectivity index (χ0n) is 10.1. The monoisotopic (exact) mass is 223 g/mol. The predicted octanol–water partition coefficient (Wildman–Crippen LogP) is 1.47. The van der Waals surface area contributed by atoms with E-state index in [0.717, 1.165) is 12.4 Å². The highest BCUT2D eigenvalue weighted by Crippen LogP contribution is 2.20. The SMILES string of the molecule is COC1CCC(NCc2nccn2C)CC1. The minimum Gasteiger partial charge on any atom is -0.381 e. The number of aryl methyl sites for hydroxylation is 1. The summed E-state index contributed by atoms with van der Waals surface area (Å²) in [5.41, 5.74) is 0. The standard InChI is InChI=1S/C12H21N3O/c1-15-8-7-13-12(15)9-14-10-3-5-11(16-2)6-4-10/h7-8,10-11,14H,3-6,9H2,1-2H3. The Hall–Kier alpha value is -0.870. The number of aromatic nitrogens is 2. The summed E-state index contributed by atoms with van der Waals surface area (Å²) in [7, 11) is 3.85. The van der Waals surface area contributed by atoms with Crippen molar-refractivity contribution < 1.29 is 4.74 Å². The van der Waals surface area contributed by atoms with E-state index in [1.165, 1.54) is 25.7 Å². The molecule has 4 heteroatoms. The smallest absolute Gasteiger partial charge is 0.122 e. The summed E-state index contributed by atoms with van der Waals surface area (Å²) >= 11 is 0. The van der Waals surface area contributed by atoms with E-state index in [1.807, 2.05) is 26.6 Å². The van der Waals surface area contributed by atoms with Crippen LogP contribution in [-0.4, -0.2) is 28.8 Å². The van der Waals surface area contributed by atoms with Crippen LogP contribution in [0.4, 0.5) is 0 Å². The minimum atomic E-state index is 0.478. The molecule has 1 heterocycles. The van der Waals surface area contributed by atoms with Crippen molar-refractivity contribution in [3.05, 3.63) is 18.2 Å². The van der Waals surface area contributed by atoms with Gasteiger partial charge in [-0.1, -0.05) is 0 Å². The molecule has 1 aliphatic rings. The Kier molecular flexibility index (Phi) is 3.96. The highest BCUT2D eigenvalue weighted by Gasteiger charge is 2.20. The van der Waals surface area contributed by atoms with Gasteiger partial charge in [0.05, 0.1) is 12.6 Å². The fourth-order valence-electron chi connectivity index (χ4n) is 2.31. The topological polar surface area (TPSA) is 39.1 Å². The van der Waals surface area contributed by atoms with Gasteiger partial charge in [-0.2, -0.15) is 0 Å². The molecule has 1 aromatic heterocycles. The lowest BCUT2D eigenvalue weighted by atomic mass is 9.93. The van der Waals surface area contributed by atoms with Gasteiger partial charge < -0.3 is 14.6 Å². The van der Waals surface area contributed by atoms with Crippen molar-refractivity contribution in [1.82, 2.24) is 14.9 Å². The van der Waals surface area contributed by atoms with Crippen LogP contribution < -0.4 is 5.32 Å². The lowest BCUT2D eigenvalue weighted by molar-refractivity contribution is 0.0623. The third kappa shape index (κ3) is 2.83. The van der Waals surface area contributed by atoms with E-state index in [2.05, 4.69) is 14.9 Å². The zero-order valence-corrected chi connectivity index (χ0v) is 10.1. The van der Waals surface area contributed by atoms with Crippen LogP contribution in [0, 0.1) is 0 Å². The maximum Gasteiger partial charge on any atom is 0.122 e. The summed E-state index contributed by atoms with van der Waals surface area (Å²) in [5.74, 6) is 1.11. The van der Waals surface area contributed by atoms with Gasteiger partial charge in [0.2, 0.25) is 0 Å². The molecule has 0 bridgehead atoms. The number of nitrogens with zero attached hydrogens (tertiary/aromatic N) is 2. The Labute approximate surface area is 97.0 Å². The second-order valence-corrected chi connectivity index (χ2v) is 4.54. The van der Waals surface area contributed by atoms with Crippen LogP contribution >= 0.6 is 0 Å². The maximum absolute atomic E-state index is 5.36. The first-order chi connectivity index (χ1) is 7.79. The molecule has 0 unspecified atom stereocenters. The molecule has 4 nitrogen and oxygen atoms in total. The number of nitrogens with one attached hydrogen (secondary N) is 1. The number of methoxy groups -OCH3 is 1.